The minimum Gasteiger partial charge on any atom is -0.492 e. The second kappa shape index (κ2) is 8.52. The molecule has 0 bridgehead atoms. The number of fused-ring (bicyclic) bond motifs is 1. The van der Waals surface area contributed by atoms with Crippen molar-refractivity contribution in [2.45, 2.75) is 12.1 Å². The molecule has 13 heteroatoms. The fourth-order valence-corrected chi connectivity index (χ4v) is 4.37. The van der Waals surface area contributed by atoms with Crippen molar-refractivity contribution in [3.8, 4) is 11.8 Å². The van der Waals surface area contributed by atoms with Crippen molar-refractivity contribution >= 4 is 46.7 Å². The quantitative estimate of drug-likeness (QED) is 0.363. The largest absolute Gasteiger partial charge is 0.492 e. The Morgan fingerprint density at radius 2 is 2.11 bits per heavy atom. The molecule has 0 aliphatic heterocycles. The van der Waals surface area contributed by atoms with Crippen LogP contribution in [0.25, 0.3) is 10.1 Å². The van der Waals surface area contributed by atoms with Crippen LogP contribution in [0.4, 0.5) is 8.78 Å². The number of benzene rings is 1. The highest BCUT2D eigenvalue weighted by Crippen LogP contribution is 2.57. The van der Waals surface area contributed by atoms with Crippen molar-refractivity contribution in [2.24, 2.45) is 10.9 Å². The summed E-state index contributed by atoms with van der Waals surface area (Å²) >= 11 is 0.457. The molecule has 0 aliphatic carbocycles. The van der Waals surface area contributed by atoms with E-state index >= 15 is 0 Å². The van der Waals surface area contributed by atoms with E-state index in [0.717, 1.165) is 0 Å². The molecule has 0 radical (unpaired) electrons. The van der Waals surface area contributed by atoms with Crippen molar-refractivity contribution in [2.75, 3.05) is 12.4 Å². The van der Waals surface area contributed by atoms with Crippen LogP contribution in [0.3, 0.4) is 0 Å². The number of rotatable bonds is 8. The summed E-state index contributed by atoms with van der Waals surface area (Å²) in [5, 5.41) is 14.4. The van der Waals surface area contributed by atoms with Gasteiger partial charge in [-0.05, 0) is 18.6 Å². The summed E-state index contributed by atoms with van der Waals surface area (Å²) in [6.45, 7) is 0.0263. The van der Waals surface area contributed by atoms with Gasteiger partial charge in [0.05, 0.1) is 27.9 Å². The summed E-state index contributed by atoms with van der Waals surface area (Å²) in [5.74, 6) is -0.692. The van der Waals surface area contributed by atoms with E-state index in [4.69, 9.17) is 25.4 Å². The van der Waals surface area contributed by atoms with Crippen LogP contribution >= 0.6 is 19.7 Å². The van der Waals surface area contributed by atoms with Gasteiger partial charge >= 0.3 is 5.66 Å². The first kappa shape index (κ1) is 21.6. The van der Waals surface area contributed by atoms with Crippen molar-refractivity contribution in [3.05, 3.63) is 28.1 Å². The van der Waals surface area contributed by atoms with Crippen molar-refractivity contribution in [1.29, 1.82) is 5.26 Å². The van der Waals surface area contributed by atoms with Crippen molar-refractivity contribution in [3.63, 3.8) is 0 Å². The molecular formula is C14H14F2N3O5PS2. The number of nitriles is 1. The van der Waals surface area contributed by atoms with E-state index < -0.39 is 41.4 Å². The molecule has 8 nitrogen and oxygen atoms in total. The zero-order valence-electron chi connectivity index (χ0n) is 13.5. The van der Waals surface area contributed by atoms with Gasteiger partial charge in [-0.2, -0.15) is 14.0 Å². The fraction of sp³-hybridized carbons (Fsp3) is 0.286. The molecule has 2 aromatic rings. The topological polar surface area (TPSA) is 160 Å². The first-order chi connectivity index (χ1) is 12.6. The maximum Gasteiger partial charge on any atom is 0.349 e. The summed E-state index contributed by atoms with van der Waals surface area (Å²) in [6.07, 6.45) is 0.295. The van der Waals surface area contributed by atoms with Crippen LogP contribution in [-0.2, 0) is 16.6 Å². The Bertz CT molecular complexity index is 945. The summed E-state index contributed by atoms with van der Waals surface area (Å²) in [6, 6.07) is 4.02. The lowest BCUT2D eigenvalue weighted by Crippen LogP contribution is -2.12. The number of hydrogen-bond acceptors (Lipinski definition) is 7. The highest BCUT2D eigenvalue weighted by molar-refractivity contribution is 7.82. The number of thiophene rings is 1. The molecule has 27 heavy (non-hydrogen) atoms. The predicted octanol–water partition coefficient (Wildman–Crippen LogP) is 1.61. The van der Waals surface area contributed by atoms with Gasteiger partial charge in [0.25, 0.3) is 0 Å². The van der Waals surface area contributed by atoms with Gasteiger partial charge in [0, 0.05) is 16.7 Å². The zero-order chi connectivity index (χ0) is 20.4. The van der Waals surface area contributed by atoms with Crippen LogP contribution in [-0.4, -0.2) is 32.3 Å². The van der Waals surface area contributed by atoms with E-state index in [1.165, 1.54) is 12.1 Å². The Kier molecular flexibility index (Phi) is 6.80. The molecule has 0 saturated carbocycles. The number of halogens is 2. The SMILES string of the molecule is N#Cc1c(C(F)(F)P(O)O)sc2c(OCCCS(N)=O)cc(C(N)=O)cc12. The van der Waals surface area contributed by atoms with Crippen LogP contribution in [0.15, 0.2) is 12.1 Å². The van der Waals surface area contributed by atoms with Gasteiger partial charge in [-0.25, -0.2) is 4.21 Å². The lowest BCUT2D eigenvalue weighted by molar-refractivity contribution is 0.0770. The normalized spacial score (nSPS) is 12.9. The number of carbonyl (C=O) groups excluding carboxylic acids is 1. The standard InChI is InChI=1S/C14H14F2N3O5PS2/c15-14(16,25(21)22)12-9(6-17)8-4-7(13(18)20)5-10(11(8)26-12)24-2-1-3-27(19)23/h4-5,21-22H,1-3,19H2,(H2,18,20). The van der Waals surface area contributed by atoms with Crippen LogP contribution < -0.4 is 15.6 Å². The first-order valence-corrected chi connectivity index (χ1v) is 10.7. The molecule has 0 spiro atoms. The number of primary amides is 1. The number of ether oxygens (including phenoxy) is 1. The second-order valence-corrected chi connectivity index (χ2v) is 8.58. The van der Waals surface area contributed by atoms with Crippen molar-refractivity contribution < 1.29 is 32.3 Å². The molecule has 1 heterocycles. The van der Waals surface area contributed by atoms with Gasteiger partial charge in [-0.1, -0.05) is 0 Å². The molecule has 6 N–H and O–H groups in total. The number of carbonyl (C=O) groups is 1. The van der Waals surface area contributed by atoms with E-state index in [2.05, 4.69) is 0 Å². The van der Waals surface area contributed by atoms with Gasteiger partial charge in [-0.15, -0.1) is 11.3 Å². The van der Waals surface area contributed by atoms with E-state index in [0.29, 0.717) is 17.8 Å². The summed E-state index contributed by atoms with van der Waals surface area (Å²) in [4.78, 5) is 28.8. The lowest BCUT2D eigenvalue weighted by Gasteiger charge is -2.15. The van der Waals surface area contributed by atoms with Crippen LogP contribution in [0, 0.1) is 11.3 Å². The summed E-state index contributed by atoms with van der Waals surface area (Å²) < 4.78 is 44.8. The molecular weight excluding hydrogens is 423 g/mol. The molecule has 0 aliphatic rings. The van der Waals surface area contributed by atoms with E-state index in [1.807, 2.05) is 0 Å². The average Bonchev–Trinajstić information content (AvgIpc) is 2.97. The smallest absolute Gasteiger partial charge is 0.349 e. The van der Waals surface area contributed by atoms with Gasteiger partial charge in [0.15, 0.2) is 0 Å². The number of nitrogens with zero attached hydrogens (tertiary/aromatic N) is 1. The lowest BCUT2D eigenvalue weighted by atomic mass is 10.1. The monoisotopic (exact) mass is 437 g/mol. The molecule has 1 aromatic carbocycles. The fourth-order valence-electron chi connectivity index (χ4n) is 2.22. The molecule has 1 amide bonds. The molecule has 1 unspecified atom stereocenters. The second-order valence-electron chi connectivity index (χ2n) is 5.25. The Hall–Kier alpha value is -1.74. The molecule has 146 valence electrons. The number of nitrogens with two attached hydrogens (primary N) is 2. The van der Waals surface area contributed by atoms with Gasteiger partial charge in [0.1, 0.15) is 16.7 Å². The average molecular weight is 437 g/mol. The Labute approximate surface area is 159 Å². The van der Waals surface area contributed by atoms with Crippen molar-refractivity contribution in [1.82, 2.24) is 0 Å². The number of amides is 1. The molecule has 0 saturated heterocycles. The van der Waals surface area contributed by atoms with Crippen LogP contribution in [0.5, 0.6) is 5.75 Å². The van der Waals surface area contributed by atoms with Gasteiger partial charge in [-0.3, -0.25) is 9.93 Å². The maximum atomic E-state index is 14.2. The summed E-state index contributed by atoms with van der Waals surface area (Å²) in [5.41, 5.74) is 0.644. The third kappa shape index (κ3) is 4.57. The Balaban J connectivity index is 2.61. The molecule has 1 aromatic heterocycles. The van der Waals surface area contributed by atoms with Crippen LogP contribution in [0.1, 0.15) is 27.2 Å². The minimum atomic E-state index is -4.04. The van der Waals surface area contributed by atoms with Gasteiger partial charge < -0.3 is 20.3 Å². The summed E-state index contributed by atoms with van der Waals surface area (Å²) in [7, 11) is -5.21. The molecule has 0 fully saturated rings. The highest BCUT2D eigenvalue weighted by atomic mass is 32.2. The van der Waals surface area contributed by atoms with E-state index in [9.17, 15) is 23.0 Å². The number of hydrogen-bond donors (Lipinski definition) is 4. The van der Waals surface area contributed by atoms with Gasteiger partial charge in [0.2, 0.25) is 14.3 Å². The maximum absolute atomic E-state index is 14.2. The molecule has 1 atom stereocenters. The predicted molar refractivity (Wildman–Crippen MR) is 97.6 cm³/mol. The van der Waals surface area contributed by atoms with E-state index in [-0.39, 0.29) is 33.8 Å². The first-order valence-electron chi connectivity index (χ1n) is 7.21. The zero-order valence-corrected chi connectivity index (χ0v) is 16.0. The Morgan fingerprint density at radius 1 is 1.44 bits per heavy atom. The van der Waals surface area contributed by atoms with E-state index in [1.54, 1.807) is 6.07 Å². The third-order valence-electron chi connectivity index (χ3n) is 3.42. The molecule has 2 rings (SSSR count). The highest BCUT2D eigenvalue weighted by Gasteiger charge is 2.45. The van der Waals surface area contributed by atoms with Crippen LogP contribution in [0.2, 0.25) is 0 Å². The Morgan fingerprint density at radius 3 is 2.63 bits per heavy atom. The minimum absolute atomic E-state index is 0.0114. The number of alkyl halides is 2. The third-order valence-corrected chi connectivity index (χ3v) is 6.28.